The van der Waals surface area contributed by atoms with Gasteiger partial charge in [0.2, 0.25) is 10.0 Å². The molecule has 4 aromatic rings. The van der Waals surface area contributed by atoms with E-state index in [1.165, 1.54) is 15.0 Å². The Balaban J connectivity index is 1.65. The van der Waals surface area contributed by atoms with Gasteiger partial charge in [0.25, 0.3) is 0 Å². The van der Waals surface area contributed by atoms with Crippen LogP contribution in [-0.4, -0.2) is 81.1 Å². The second kappa shape index (κ2) is 10.7. The van der Waals surface area contributed by atoms with Gasteiger partial charge in [0.05, 0.1) is 27.7 Å². The summed E-state index contributed by atoms with van der Waals surface area (Å²) in [5.41, 5.74) is 2.03. The molecular formula is C25H32ClN7O4S. The Morgan fingerprint density at radius 3 is 2.50 bits per heavy atom. The summed E-state index contributed by atoms with van der Waals surface area (Å²) in [6.45, 7) is 10.0. The summed E-state index contributed by atoms with van der Waals surface area (Å²) in [7, 11) is -3.74. The number of aromatic nitrogens is 5. The molecule has 1 aliphatic heterocycles. The maximum atomic E-state index is 13.6. The molecule has 0 unspecified atom stereocenters. The van der Waals surface area contributed by atoms with E-state index in [4.69, 9.17) is 16.3 Å². The molecule has 0 spiro atoms. The number of hydrogen-bond donors (Lipinski definition) is 1. The molecule has 5 rings (SSSR count). The number of nitrogens with one attached hydrogen (secondary N) is 1. The van der Waals surface area contributed by atoms with Crippen LogP contribution >= 0.6 is 11.6 Å². The number of sulfonamides is 1. The highest BCUT2D eigenvalue weighted by Gasteiger charge is 2.30. The summed E-state index contributed by atoms with van der Waals surface area (Å²) in [4.78, 5) is 18.9. The third-order valence-corrected chi connectivity index (χ3v) is 9.13. The minimum Gasteiger partial charge on any atom is -0.493 e. The second-order valence-corrected chi connectivity index (χ2v) is 11.6. The standard InChI is InChI=1S/C25H32ClN7O4S/c1-4-9-30-11-13-31(14-12-30)38(35,36)17-7-8-19(37-6-3)18(15-17)21-20(26)23-22(28-21)24-29-27-16-33(24)25(34)32(23)10-5-2/h7-8,15-16,28H,4-6,9-14H2,1-3H3. The van der Waals surface area contributed by atoms with Gasteiger partial charge in [-0.15, -0.1) is 10.2 Å². The van der Waals surface area contributed by atoms with Gasteiger partial charge in [-0.25, -0.2) is 17.6 Å². The molecule has 0 atom stereocenters. The van der Waals surface area contributed by atoms with Crippen LogP contribution in [0.15, 0.2) is 34.2 Å². The van der Waals surface area contributed by atoms with E-state index in [-0.39, 0.29) is 10.6 Å². The number of halogens is 1. The molecule has 0 radical (unpaired) electrons. The van der Waals surface area contributed by atoms with E-state index in [9.17, 15) is 13.2 Å². The summed E-state index contributed by atoms with van der Waals surface area (Å²) in [6.07, 6.45) is 3.12. The van der Waals surface area contributed by atoms with Crippen molar-refractivity contribution in [1.29, 1.82) is 0 Å². The van der Waals surface area contributed by atoms with Gasteiger partial charge in [-0.05, 0) is 44.5 Å². The lowest BCUT2D eigenvalue weighted by atomic mass is 10.1. The van der Waals surface area contributed by atoms with Crippen LogP contribution in [0.3, 0.4) is 0 Å². The number of hydrogen-bond acceptors (Lipinski definition) is 7. The van der Waals surface area contributed by atoms with Crippen molar-refractivity contribution < 1.29 is 13.2 Å². The summed E-state index contributed by atoms with van der Waals surface area (Å²) in [6, 6.07) is 4.83. The number of rotatable bonds is 9. The smallest absolute Gasteiger partial charge is 0.335 e. The summed E-state index contributed by atoms with van der Waals surface area (Å²) < 4.78 is 37.7. The first-order chi connectivity index (χ1) is 18.3. The molecule has 38 heavy (non-hydrogen) atoms. The van der Waals surface area contributed by atoms with E-state index in [0.29, 0.717) is 84.5 Å². The summed E-state index contributed by atoms with van der Waals surface area (Å²) in [5, 5.41) is 8.33. The van der Waals surface area contributed by atoms with Gasteiger partial charge in [0.15, 0.2) is 5.65 Å². The molecule has 0 aliphatic carbocycles. The highest BCUT2D eigenvalue weighted by molar-refractivity contribution is 7.89. The van der Waals surface area contributed by atoms with Crippen molar-refractivity contribution in [3.63, 3.8) is 0 Å². The minimum absolute atomic E-state index is 0.160. The maximum Gasteiger partial charge on any atom is 0.335 e. The second-order valence-electron chi connectivity index (χ2n) is 9.33. The maximum absolute atomic E-state index is 13.6. The molecule has 11 nitrogen and oxygen atoms in total. The first kappa shape index (κ1) is 26.7. The summed E-state index contributed by atoms with van der Waals surface area (Å²) in [5.74, 6) is 0.481. The van der Waals surface area contributed by atoms with Crippen LogP contribution in [0.2, 0.25) is 5.02 Å². The highest BCUT2D eigenvalue weighted by Crippen LogP contribution is 2.40. The number of aromatic amines is 1. The van der Waals surface area contributed by atoms with Gasteiger partial charge >= 0.3 is 5.69 Å². The molecule has 204 valence electrons. The monoisotopic (exact) mass is 561 g/mol. The largest absolute Gasteiger partial charge is 0.493 e. The number of benzene rings is 1. The highest BCUT2D eigenvalue weighted by atomic mass is 35.5. The van der Waals surface area contributed by atoms with Crippen molar-refractivity contribution in [2.75, 3.05) is 39.3 Å². The van der Waals surface area contributed by atoms with E-state index in [2.05, 4.69) is 27.0 Å². The fraction of sp³-hybridized carbons (Fsp3) is 0.480. The zero-order valence-corrected chi connectivity index (χ0v) is 23.3. The number of aryl methyl sites for hydroxylation is 1. The Bertz CT molecular complexity index is 1630. The Morgan fingerprint density at radius 1 is 1.08 bits per heavy atom. The fourth-order valence-corrected chi connectivity index (χ4v) is 6.87. The third-order valence-electron chi connectivity index (χ3n) is 6.87. The van der Waals surface area contributed by atoms with Crippen LogP contribution in [0.1, 0.15) is 33.6 Å². The van der Waals surface area contributed by atoms with E-state index in [0.717, 1.165) is 13.0 Å². The lowest BCUT2D eigenvalue weighted by Crippen LogP contribution is -2.48. The average molecular weight is 562 g/mol. The Labute approximate surface area is 226 Å². The van der Waals surface area contributed by atoms with E-state index < -0.39 is 10.0 Å². The normalized spacial score (nSPS) is 15.6. The third kappa shape index (κ3) is 4.49. The molecule has 0 saturated carbocycles. The van der Waals surface area contributed by atoms with Crippen molar-refractivity contribution in [3.05, 3.63) is 40.0 Å². The molecule has 4 heterocycles. The van der Waals surface area contributed by atoms with E-state index in [1.54, 1.807) is 22.8 Å². The molecule has 13 heteroatoms. The number of piperazine rings is 1. The fourth-order valence-electron chi connectivity index (χ4n) is 5.08. The van der Waals surface area contributed by atoms with Crippen LogP contribution in [0.5, 0.6) is 5.75 Å². The van der Waals surface area contributed by atoms with Crippen LogP contribution < -0.4 is 10.4 Å². The van der Waals surface area contributed by atoms with Crippen LogP contribution in [-0.2, 0) is 16.6 Å². The predicted octanol–water partition coefficient (Wildman–Crippen LogP) is 3.22. The molecule has 1 aromatic carbocycles. The van der Waals surface area contributed by atoms with E-state index in [1.807, 2.05) is 13.8 Å². The first-order valence-electron chi connectivity index (χ1n) is 12.9. The van der Waals surface area contributed by atoms with E-state index >= 15 is 0 Å². The van der Waals surface area contributed by atoms with Crippen molar-refractivity contribution in [2.24, 2.45) is 0 Å². The summed E-state index contributed by atoms with van der Waals surface area (Å²) >= 11 is 6.94. The van der Waals surface area contributed by atoms with Crippen LogP contribution in [0.25, 0.3) is 27.9 Å². The van der Waals surface area contributed by atoms with Crippen molar-refractivity contribution in [2.45, 2.75) is 45.1 Å². The van der Waals surface area contributed by atoms with Gasteiger partial charge < -0.3 is 14.6 Å². The van der Waals surface area contributed by atoms with Gasteiger partial charge in [-0.3, -0.25) is 4.57 Å². The van der Waals surface area contributed by atoms with Gasteiger partial charge in [-0.2, -0.15) is 4.31 Å². The van der Waals surface area contributed by atoms with Gasteiger partial charge in [0.1, 0.15) is 17.6 Å². The zero-order valence-electron chi connectivity index (χ0n) is 21.8. The average Bonchev–Trinajstić information content (AvgIpc) is 3.53. The molecular weight excluding hydrogens is 530 g/mol. The molecule has 3 aromatic heterocycles. The molecule has 0 amide bonds. The van der Waals surface area contributed by atoms with Crippen molar-refractivity contribution >= 4 is 38.3 Å². The number of H-pyrrole nitrogens is 1. The first-order valence-corrected chi connectivity index (χ1v) is 14.8. The molecule has 0 bridgehead atoms. The van der Waals surface area contributed by atoms with Crippen LogP contribution in [0.4, 0.5) is 0 Å². The SMILES string of the molecule is CCCN1CCN(S(=O)(=O)c2ccc(OCC)c(-c3[nH]c4c(c3Cl)n(CCC)c(=O)n3cnnc43)c2)CC1. The lowest BCUT2D eigenvalue weighted by Gasteiger charge is -2.33. The number of nitrogens with zero attached hydrogens (tertiary/aromatic N) is 6. The Kier molecular flexibility index (Phi) is 7.49. The molecule has 1 N–H and O–H groups in total. The Morgan fingerprint density at radius 2 is 1.82 bits per heavy atom. The topological polar surface area (TPSA) is 118 Å². The van der Waals surface area contributed by atoms with Crippen molar-refractivity contribution in [3.8, 4) is 17.0 Å². The lowest BCUT2D eigenvalue weighted by molar-refractivity contribution is 0.188. The van der Waals surface area contributed by atoms with Crippen molar-refractivity contribution in [1.82, 2.24) is 33.4 Å². The minimum atomic E-state index is -3.74. The molecule has 1 aliphatic rings. The Hall–Kier alpha value is -2.93. The van der Waals surface area contributed by atoms with Gasteiger partial charge in [0, 0.05) is 38.3 Å². The van der Waals surface area contributed by atoms with Gasteiger partial charge in [-0.1, -0.05) is 25.4 Å². The predicted molar refractivity (Wildman–Crippen MR) is 146 cm³/mol. The quantitative estimate of drug-likeness (QED) is 0.333. The molecule has 1 saturated heterocycles. The number of fused-ring (bicyclic) bond motifs is 3. The number of ether oxygens (including phenoxy) is 1. The van der Waals surface area contributed by atoms with Crippen LogP contribution in [0, 0.1) is 0 Å². The molecule has 1 fully saturated rings. The zero-order chi connectivity index (χ0) is 27.0.